The Morgan fingerprint density at radius 3 is 2.65 bits per heavy atom. The molecule has 20 heavy (non-hydrogen) atoms. The van der Waals surface area contributed by atoms with Crippen molar-refractivity contribution in [2.75, 3.05) is 0 Å². The molecule has 2 N–H and O–H groups in total. The number of fused-ring (bicyclic) bond motifs is 1. The number of aromatic hydroxyl groups is 1. The summed E-state index contributed by atoms with van der Waals surface area (Å²) >= 11 is 3.47. The van der Waals surface area contributed by atoms with E-state index in [0.717, 1.165) is 11.8 Å². The summed E-state index contributed by atoms with van der Waals surface area (Å²) in [6.45, 7) is 3.99. The Hall–Kier alpha value is -1.55. The van der Waals surface area contributed by atoms with Crippen LogP contribution in [0, 0.1) is 0 Å². The Labute approximate surface area is 127 Å². The Morgan fingerprint density at radius 2 is 1.95 bits per heavy atom. The van der Waals surface area contributed by atoms with Crippen LogP contribution in [-0.4, -0.2) is 21.9 Å². The number of phenolic OH excluding ortho intramolecular Hbond substituents is 1. The van der Waals surface area contributed by atoms with Crippen LogP contribution >= 0.6 is 15.9 Å². The molecule has 106 valence electrons. The first-order chi connectivity index (χ1) is 9.49. The number of carbonyl (C=O) groups is 1. The predicted molar refractivity (Wildman–Crippen MR) is 85.5 cm³/mol. The largest absolute Gasteiger partial charge is 0.506 e. The minimum Gasteiger partial charge on any atom is -0.506 e. The third-order valence-electron chi connectivity index (χ3n) is 3.20. The normalized spacial score (nSPS) is 13.9. The molecule has 0 aliphatic rings. The predicted octanol–water partition coefficient (Wildman–Crippen LogP) is 3.84. The molecule has 0 bridgehead atoms. The van der Waals surface area contributed by atoms with Crippen molar-refractivity contribution in [3.05, 3.63) is 42.0 Å². The summed E-state index contributed by atoms with van der Waals surface area (Å²) in [7, 11) is 0. The molecule has 0 radical (unpaired) electrons. The summed E-state index contributed by atoms with van der Waals surface area (Å²) in [4.78, 5) is 12.6. The van der Waals surface area contributed by atoms with Gasteiger partial charge in [0, 0.05) is 16.3 Å². The van der Waals surface area contributed by atoms with Crippen molar-refractivity contribution in [3.63, 3.8) is 0 Å². The number of alkyl halides is 1. The molecule has 0 aliphatic carbocycles. The molecule has 1 amide bonds. The van der Waals surface area contributed by atoms with Crippen LogP contribution in [0.4, 0.5) is 0 Å². The first kappa shape index (κ1) is 14.9. The molecule has 2 atom stereocenters. The van der Waals surface area contributed by atoms with Crippen molar-refractivity contribution in [2.24, 2.45) is 0 Å². The standard InChI is InChI=1S/C16H18BrNO2/c1-10(17)9-11(2)18-16(20)14-8-7-12-5-3-4-6-13(12)15(14)19/h3-8,10-11,19H,9H2,1-2H3,(H,18,20). The number of phenols is 1. The Morgan fingerprint density at radius 1 is 1.25 bits per heavy atom. The van der Waals surface area contributed by atoms with E-state index in [-0.39, 0.29) is 17.7 Å². The molecule has 0 saturated carbocycles. The Balaban J connectivity index is 2.24. The lowest BCUT2D eigenvalue weighted by Crippen LogP contribution is -2.33. The second-order valence-electron chi connectivity index (χ2n) is 5.07. The maximum Gasteiger partial charge on any atom is 0.255 e. The third kappa shape index (κ3) is 3.31. The van der Waals surface area contributed by atoms with Gasteiger partial charge in [0.2, 0.25) is 0 Å². The van der Waals surface area contributed by atoms with Crippen molar-refractivity contribution in [2.45, 2.75) is 31.1 Å². The zero-order valence-corrected chi connectivity index (χ0v) is 13.1. The smallest absolute Gasteiger partial charge is 0.255 e. The maximum absolute atomic E-state index is 12.2. The lowest BCUT2D eigenvalue weighted by atomic mass is 10.0. The van der Waals surface area contributed by atoms with Crippen LogP contribution in [0.1, 0.15) is 30.6 Å². The van der Waals surface area contributed by atoms with Crippen molar-refractivity contribution < 1.29 is 9.90 Å². The first-order valence-electron chi connectivity index (χ1n) is 6.64. The van der Waals surface area contributed by atoms with E-state index in [9.17, 15) is 9.90 Å². The fourth-order valence-electron chi connectivity index (χ4n) is 2.29. The summed E-state index contributed by atoms with van der Waals surface area (Å²) in [6.07, 6.45) is 0.833. The zero-order valence-electron chi connectivity index (χ0n) is 11.6. The van der Waals surface area contributed by atoms with Gasteiger partial charge in [0.05, 0.1) is 5.56 Å². The van der Waals surface area contributed by atoms with Crippen LogP contribution < -0.4 is 5.32 Å². The number of rotatable bonds is 4. The van der Waals surface area contributed by atoms with E-state index in [1.165, 1.54) is 0 Å². The van der Waals surface area contributed by atoms with Crippen LogP contribution in [0.5, 0.6) is 5.75 Å². The Kier molecular flexibility index (Phi) is 4.65. The quantitative estimate of drug-likeness (QED) is 0.834. The van der Waals surface area contributed by atoms with Gasteiger partial charge in [-0.05, 0) is 24.8 Å². The van der Waals surface area contributed by atoms with Crippen LogP contribution in [0.3, 0.4) is 0 Å². The van der Waals surface area contributed by atoms with Crippen LogP contribution in [-0.2, 0) is 0 Å². The van der Waals surface area contributed by atoms with Gasteiger partial charge in [-0.2, -0.15) is 0 Å². The summed E-state index contributed by atoms with van der Waals surface area (Å²) in [5, 5.41) is 14.8. The SMILES string of the molecule is CC(Br)CC(C)NC(=O)c1ccc2ccccc2c1O. The van der Waals surface area contributed by atoms with Crippen molar-refractivity contribution in [1.29, 1.82) is 0 Å². The number of hydrogen-bond donors (Lipinski definition) is 2. The second-order valence-corrected chi connectivity index (χ2v) is 6.64. The lowest BCUT2D eigenvalue weighted by Gasteiger charge is -2.16. The number of amides is 1. The topological polar surface area (TPSA) is 49.3 Å². The third-order valence-corrected chi connectivity index (χ3v) is 3.57. The summed E-state index contributed by atoms with van der Waals surface area (Å²) in [6, 6.07) is 11.0. The van der Waals surface area contributed by atoms with Gasteiger partial charge in [0.1, 0.15) is 5.75 Å². The molecule has 0 fully saturated rings. The molecule has 0 aromatic heterocycles. The van der Waals surface area contributed by atoms with Crippen LogP contribution in [0.2, 0.25) is 0 Å². The molecule has 3 nitrogen and oxygen atoms in total. The minimum atomic E-state index is -0.242. The average molecular weight is 336 g/mol. The molecule has 0 spiro atoms. The van der Waals surface area contributed by atoms with Gasteiger partial charge >= 0.3 is 0 Å². The van der Waals surface area contributed by atoms with Gasteiger partial charge in [0.25, 0.3) is 5.91 Å². The van der Waals surface area contributed by atoms with Gasteiger partial charge in [-0.3, -0.25) is 4.79 Å². The molecule has 4 heteroatoms. The number of carbonyl (C=O) groups excluding carboxylic acids is 1. The van der Waals surface area contributed by atoms with Gasteiger partial charge in [0.15, 0.2) is 0 Å². The second kappa shape index (κ2) is 6.27. The van der Waals surface area contributed by atoms with E-state index in [0.29, 0.717) is 15.8 Å². The highest BCUT2D eigenvalue weighted by molar-refractivity contribution is 9.09. The van der Waals surface area contributed by atoms with Crippen LogP contribution in [0.15, 0.2) is 36.4 Å². The molecular weight excluding hydrogens is 318 g/mol. The number of benzene rings is 2. The summed E-state index contributed by atoms with van der Waals surface area (Å²) < 4.78 is 0. The highest BCUT2D eigenvalue weighted by atomic mass is 79.9. The average Bonchev–Trinajstić information content (AvgIpc) is 2.38. The van der Waals surface area contributed by atoms with Crippen molar-refractivity contribution in [3.8, 4) is 5.75 Å². The molecular formula is C16H18BrNO2. The molecule has 2 unspecified atom stereocenters. The fraction of sp³-hybridized carbons (Fsp3) is 0.312. The molecule has 0 saturated heterocycles. The molecule has 0 heterocycles. The van der Waals surface area contributed by atoms with E-state index in [1.807, 2.05) is 44.2 Å². The van der Waals surface area contributed by atoms with Gasteiger partial charge in [-0.1, -0.05) is 53.2 Å². The van der Waals surface area contributed by atoms with Gasteiger partial charge < -0.3 is 10.4 Å². The molecule has 2 aromatic rings. The highest BCUT2D eigenvalue weighted by Gasteiger charge is 2.16. The van der Waals surface area contributed by atoms with Gasteiger partial charge in [-0.25, -0.2) is 0 Å². The van der Waals surface area contributed by atoms with Crippen molar-refractivity contribution in [1.82, 2.24) is 5.32 Å². The van der Waals surface area contributed by atoms with Crippen LogP contribution in [0.25, 0.3) is 10.8 Å². The summed E-state index contributed by atoms with van der Waals surface area (Å²) in [5.41, 5.74) is 0.317. The van der Waals surface area contributed by atoms with E-state index < -0.39 is 0 Å². The lowest BCUT2D eigenvalue weighted by molar-refractivity contribution is 0.0936. The number of halogens is 1. The van der Waals surface area contributed by atoms with E-state index in [4.69, 9.17) is 0 Å². The first-order valence-corrected chi connectivity index (χ1v) is 7.56. The van der Waals surface area contributed by atoms with E-state index >= 15 is 0 Å². The fourth-order valence-corrected chi connectivity index (χ4v) is 2.85. The summed E-state index contributed by atoms with van der Waals surface area (Å²) in [5.74, 6) is -0.200. The molecule has 0 aliphatic heterocycles. The van der Waals surface area contributed by atoms with Gasteiger partial charge in [-0.15, -0.1) is 0 Å². The zero-order chi connectivity index (χ0) is 14.7. The monoisotopic (exact) mass is 335 g/mol. The number of nitrogens with one attached hydrogen (secondary N) is 1. The maximum atomic E-state index is 12.2. The minimum absolute atomic E-state index is 0.0414. The molecule has 2 rings (SSSR count). The highest BCUT2D eigenvalue weighted by Crippen LogP contribution is 2.28. The number of hydrogen-bond acceptors (Lipinski definition) is 2. The van der Waals surface area contributed by atoms with Crippen molar-refractivity contribution >= 4 is 32.6 Å². The molecule has 2 aromatic carbocycles. The van der Waals surface area contributed by atoms with E-state index in [2.05, 4.69) is 21.2 Å². The van der Waals surface area contributed by atoms with E-state index in [1.54, 1.807) is 6.07 Å². The Bertz CT molecular complexity index is 625.